The molecule has 8 heavy (non-hydrogen) atoms. The maximum atomic E-state index is 9.65. The second-order valence-corrected chi connectivity index (χ2v) is 5.71. The van der Waals surface area contributed by atoms with Crippen LogP contribution in [0.2, 0.25) is 0 Å². The van der Waals surface area contributed by atoms with Crippen molar-refractivity contribution in [3.05, 3.63) is 10.1 Å². The minimum atomic E-state index is -1.26. The minimum Gasteiger partial charge on any atom is -0.264 e. The third-order valence-electron chi connectivity index (χ3n) is 0.308. The first-order valence-electron chi connectivity index (χ1n) is 1.60. The van der Waals surface area contributed by atoms with Crippen LogP contribution in [0.25, 0.3) is 0 Å². The maximum absolute atomic E-state index is 9.65. The van der Waals surface area contributed by atoms with Gasteiger partial charge in [0.2, 0.25) is 8.88 Å². The molecule has 48 valence electrons. The molecule has 3 nitrogen and oxygen atoms in total. The van der Waals surface area contributed by atoms with Crippen LogP contribution in [0, 0.1) is 10.1 Å². The molecule has 0 bridgehead atoms. The standard InChI is InChI=1S/C2H2Cl2INO2/c3-2(4,5)1-6(7)8/h1H2. The van der Waals surface area contributed by atoms with Gasteiger partial charge < -0.3 is 0 Å². The Morgan fingerprint density at radius 2 is 2.12 bits per heavy atom. The molecule has 0 aromatic rings. The Bertz CT molecular complexity index is 101. The van der Waals surface area contributed by atoms with E-state index in [4.69, 9.17) is 23.2 Å². The fourth-order valence-electron chi connectivity index (χ4n) is 0.146. The fourth-order valence-corrected chi connectivity index (χ4v) is 0.620. The van der Waals surface area contributed by atoms with Crippen LogP contribution in [-0.2, 0) is 0 Å². The highest BCUT2D eigenvalue weighted by Crippen LogP contribution is 2.28. The van der Waals surface area contributed by atoms with Gasteiger partial charge in [0.15, 0.2) is 0 Å². The SMILES string of the molecule is O=[N+]([O-])CC(Cl)(Cl)I. The molecule has 0 spiro atoms. The highest BCUT2D eigenvalue weighted by atomic mass is 127. The van der Waals surface area contributed by atoms with Gasteiger partial charge in [0, 0.05) is 4.92 Å². The van der Waals surface area contributed by atoms with E-state index < -0.39 is 13.8 Å². The molecule has 0 saturated heterocycles. The number of nitrogens with zero attached hydrogens (tertiary/aromatic N) is 1. The second kappa shape index (κ2) is 3.03. The fraction of sp³-hybridized carbons (Fsp3) is 1.00. The topological polar surface area (TPSA) is 43.1 Å². The van der Waals surface area contributed by atoms with Crippen molar-refractivity contribution in [3.8, 4) is 0 Å². The first-order chi connectivity index (χ1) is 3.42. The lowest BCUT2D eigenvalue weighted by atomic mass is 10.8. The molecule has 0 aromatic heterocycles. The largest absolute Gasteiger partial charge is 0.264 e. The molecule has 0 fully saturated rings. The average molecular weight is 270 g/mol. The molecule has 0 radical (unpaired) electrons. The summed E-state index contributed by atoms with van der Waals surface area (Å²) in [6.45, 7) is -0.434. The average Bonchev–Trinajstić information content (AvgIpc) is 1.21. The van der Waals surface area contributed by atoms with Gasteiger partial charge >= 0.3 is 0 Å². The number of hydrogen-bond donors (Lipinski definition) is 0. The van der Waals surface area contributed by atoms with Gasteiger partial charge in [-0.1, -0.05) is 23.2 Å². The summed E-state index contributed by atoms with van der Waals surface area (Å²) in [4.78, 5) is 9.08. The number of rotatable bonds is 2. The number of alkyl halides is 3. The monoisotopic (exact) mass is 269 g/mol. The summed E-state index contributed by atoms with van der Waals surface area (Å²) >= 11 is 12.1. The van der Waals surface area contributed by atoms with Gasteiger partial charge in [0.25, 0.3) is 0 Å². The van der Waals surface area contributed by atoms with E-state index in [9.17, 15) is 10.1 Å². The Hall–Kier alpha value is 0.710. The van der Waals surface area contributed by atoms with E-state index in [0.717, 1.165) is 0 Å². The van der Waals surface area contributed by atoms with Crippen molar-refractivity contribution in [2.75, 3.05) is 6.54 Å². The first-order valence-corrected chi connectivity index (χ1v) is 3.44. The summed E-state index contributed by atoms with van der Waals surface area (Å²) in [5.41, 5.74) is 0. The van der Waals surface area contributed by atoms with Crippen LogP contribution >= 0.6 is 45.8 Å². The van der Waals surface area contributed by atoms with Crippen LogP contribution in [0.1, 0.15) is 0 Å². The lowest BCUT2D eigenvalue weighted by molar-refractivity contribution is -0.477. The molecule has 0 aromatic carbocycles. The quantitative estimate of drug-likeness (QED) is 0.332. The number of hydrogen-bond acceptors (Lipinski definition) is 2. The van der Waals surface area contributed by atoms with E-state index >= 15 is 0 Å². The van der Waals surface area contributed by atoms with Gasteiger partial charge in [0.1, 0.15) is 0 Å². The molecule has 0 aliphatic carbocycles. The molecule has 0 aliphatic heterocycles. The highest BCUT2D eigenvalue weighted by molar-refractivity contribution is 14.1. The van der Waals surface area contributed by atoms with Gasteiger partial charge in [-0.25, -0.2) is 0 Å². The summed E-state index contributed by atoms with van der Waals surface area (Å²) in [7, 11) is 0. The van der Waals surface area contributed by atoms with Crippen LogP contribution in [0.4, 0.5) is 0 Å². The van der Waals surface area contributed by atoms with Crippen molar-refractivity contribution < 1.29 is 4.92 Å². The van der Waals surface area contributed by atoms with Crippen molar-refractivity contribution >= 4 is 45.8 Å². The van der Waals surface area contributed by atoms with Crippen molar-refractivity contribution in [3.63, 3.8) is 0 Å². The van der Waals surface area contributed by atoms with Crippen molar-refractivity contribution in [2.45, 2.75) is 2.34 Å². The Morgan fingerprint density at radius 1 is 1.75 bits per heavy atom. The Balaban J connectivity index is 3.55. The van der Waals surface area contributed by atoms with Crippen molar-refractivity contribution in [2.24, 2.45) is 0 Å². The Labute approximate surface area is 69.6 Å². The maximum Gasteiger partial charge on any atom is 0.245 e. The Morgan fingerprint density at radius 3 is 2.12 bits per heavy atom. The van der Waals surface area contributed by atoms with Crippen LogP contribution in [0.5, 0.6) is 0 Å². The predicted molar refractivity (Wildman–Crippen MR) is 40.3 cm³/mol. The van der Waals surface area contributed by atoms with Gasteiger partial charge in [-0.05, 0) is 22.6 Å². The predicted octanol–water partition coefficient (Wildman–Crippen LogP) is 1.83. The zero-order valence-corrected chi connectivity index (χ0v) is 7.27. The minimum absolute atomic E-state index is 0.434. The van der Waals surface area contributed by atoms with Crippen molar-refractivity contribution in [1.82, 2.24) is 0 Å². The lowest BCUT2D eigenvalue weighted by Gasteiger charge is -2.01. The normalized spacial score (nSPS) is 11.4. The molecule has 0 rings (SSSR count). The molecule has 0 saturated carbocycles. The molecule has 0 unspecified atom stereocenters. The van der Waals surface area contributed by atoms with E-state index in [2.05, 4.69) is 0 Å². The summed E-state index contributed by atoms with van der Waals surface area (Å²) in [6, 6.07) is 0. The van der Waals surface area contributed by atoms with Gasteiger partial charge in [-0.3, -0.25) is 10.1 Å². The van der Waals surface area contributed by atoms with E-state index in [0.29, 0.717) is 0 Å². The third-order valence-corrected chi connectivity index (χ3v) is 0.889. The molecule has 0 heterocycles. The zero-order valence-electron chi connectivity index (χ0n) is 3.60. The molecule has 0 N–H and O–H groups in total. The van der Waals surface area contributed by atoms with Gasteiger partial charge in [-0.2, -0.15) is 0 Å². The van der Waals surface area contributed by atoms with Crippen molar-refractivity contribution in [1.29, 1.82) is 0 Å². The Kier molecular flexibility index (Phi) is 3.29. The summed E-state index contributed by atoms with van der Waals surface area (Å²) in [5, 5.41) is 9.65. The lowest BCUT2D eigenvalue weighted by Crippen LogP contribution is -2.16. The molecule has 0 aliphatic rings. The molecule has 0 atom stereocenters. The van der Waals surface area contributed by atoms with Gasteiger partial charge in [0.05, 0.1) is 0 Å². The molecule has 0 amide bonds. The van der Waals surface area contributed by atoms with Crippen LogP contribution < -0.4 is 0 Å². The van der Waals surface area contributed by atoms with Gasteiger partial charge in [-0.15, -0.1) is 0 Å². The first kappa shape index (κ1) is 8.71. The zero-order chi connectivity index (χ0) is 6.78. The molecular formula is C2H2Cl2INO2. The van der Waals surface area contributed by atoms with E-state index in [1.54, 1.807) is 22.6 Å². The summed E-state index contributed by atoms with van der Waals surface area (Å²) in [5.74, 6) is 0. The molecule has 6 heteroatoms. The van der Waals surface area contributed by atoms with E-state index in [1.807, 2.05) is 0 Å². The highest BCUT2D eigenvalue weighted by Gasteiger charge is 2.25. The number of halogens is 3. The summed E-state index contributed by atoms with van der Waals surface area (Å²) < 4.78 is -1.26. The van der Waals surface area contributed by atoms with Crippen LogP contribution in [0.15, 0.2) is 0 Å². The summed E-state index contributed by atoms with van der Waals surface area (Å²) in [6.07, 6.45) is 0. The van der Waals surface area contributed by atoms with E-state index in [-0.39, 0.29) is 0 Å². The van der Waals surface area contributed by atoms with E-state index in [1.165, 1.54) is 0 Å². The van der Waals surface area contributed by atoms with Crippen LogP contribution in [0.3, 0.4) is 0 Å². The second-order valence-electron chi connectivity index (χ2n) is 1.11. The smallest absolute Gasteiger partial charge is 0.245 e. The van der Waals surface area contributed by atoms with Crippen LogP contribution in [-0.4, -0.2) is 13.8 Å². The third kappa shape index (κ3) is 6.71. The number of nitro groups is 1. The molecular weight excluding hydrogens is 268 g/mol.